The van der Waals surface area contributed by atoms with E-state index in [1.165, 1.54) is 5.41 Å². The number of anilines is 2. The normalized spacial score (nSPS) is 16.1. The SMILES string of the molecule is CC[NH+]1CCN(c2ccccc2NS(=O)(=O)/C=C/c2ccccc2)CC1. The molecule has 2 aromatic rings. The van der Waals surface area contributed by atoms with Crippen LogP contribution in [0.15, 0.2) is 60.0 Å². The zero-order valence-electron chi connectivity index (χ0n) is 15.1. The number of sulfonamides is 1. The summed E-state index contributed by atoms with van der Waals surface area (Å²) < 4.78 is 27.7. The third-order valence-electron chi connectivity index (χ3n) is 4.71. The topological polar surface area (TPSA) is 53.9 Å². The highest BCUT2D eigenvalue weighted by atomic mass is 32.2. The van der Waals surface area contributed by atoms with Crippen molar-refractivity contribution in [2.24, 2.45) is 0 Å². The van der Waals surface area contributed by atoms with Crippen molar-refractivity contribution in [2.45, 2.75) is 6.92 Å². The summed E-state index contributed by atoms with van der Waals surface area (Å²) in [5.74, 6) is 0. The van der Waals surface area contributed by atoms with Crippen molar-refractivity contribution in [3.05, 3.63) is 65.6 Å². The molecule has 0 spiro atoms. The van der Waals surface area contributed by atoms with Gasteiger partial charge < -0.3 is 9.80 Å². The predicted octanol–water partition coefficient (Wildman–Crippen LogP) is 1.82. The number of nitrogens with one attached hydrogen (secondary N) is 2. The monoisotopic (exact) mass is 372 g/mol. The van der Waals surface area contributed by atoms with Crippen molar-refractivity contribution in [1.29, 1.82) is 0 Å². The molecule has 0 unspecified atom stereocenters. The molecule has 3 rings (SSSR count). The van der Waals surface area contributed by atoms with Crippen LogP contribution in [0, 0.1) is 0 Å². The molecule has 0 amide bonds. The molecule has 1 heterocycles. The molecule has 1 aliphatic heterocycles. The van der Waals surface area contributed by atoms with Gasteiger partial charge in [-0.3, -0.25) is 4.72 Å². The molecule has 0 radical (unpaired) electrons. The first-order chi connectivity index (χ1) is 12.6. The zero-order chi connectivity index (χ0) is 18.4. The first-order valence-corrected chi connectivity index (χ1v) is 10.6. The lowest BCUT2D eigenvalue weighted by atomic mass is 10.2. The number of nitrogens with zero attached hydrogens (tertiary/aromatic N) is 1. The molecule has 0 atom stereocenters. The number of likely N-dealkylation sites (N-methyl/N-ethyl adjacent to an activating group) is 1. The minimum Gasteiger partial charge on any atom is -0.359 e. The number of piperazine rings is 1. The Morgan fingerprint density at radius 3 is 2.38 bits per heavy atom. The molecule has 2 N–H and O–H groups in total. The van der Waals surface area contributed by atoms with Gasteiger partial charge in [0.15, 0.2) is 0 Å². The van der Waals surface area contributed by atoms with E-state index in [4.69, 9.17) is 0 Å². The van der Waals surface area contributed by atoms with Gasteiger partial charge in [-0.2, -0.15) is 0 Å². The average Bonchev–Trinajstić information content (AvgIpc) is 2.68. The lowest BCUT2D eigenvalue weighted by Crippen LogP contribution is -3.14. The highest BCUT2D eigenvalue weighted by molar-refractivity contribution is 7.95. The Balaban J connectivity index is 1.74. The van der Waals surface area contributed by atoms with E-state index < -0.39 is 10.0 Å². The molecule has 1 fully saturated rings. The van der Waals surface area contributed by atoms with Crippen LogP contribution in [0.5, 0.6) is 0 Å². The third kappa shape index (κ3) is 4.86. The van der Waals surface area contributed by atoms with Crippen LogP contribution in [-0.2, 0) is 10.0 Å². The van der Waals surface area contributed by atoms with Crippen LogP contribution in [0.3, 0.4) is 0 Å². The van der Waals surface area contributed by atoms with Crippen LogP contribution in [0.4, 0.5) is 11.4 Å². The van der Waals surface area contributed by atoms with Gasteiger partial charge in [-0.1, -0.05) is 42.5 Å². The van der Waals surface area contributed by atoms with E-state index in [1.54, 1.807) is 11.0 Å². The fourth-order valence-electron chi connectivity index (χ4n) is 3.17. The van der Waals surface area contributed by atoms with E-state index in [2.05, 4.69) is 16.5 Å². The summed E-state index contributed by atoms with van der Waals surface area (Å²) in [5, 5.41) is 1.22. The molecule has 2 aromatic carbocycles. The van der Waals surface area contributed by atoms with Gasteiger partial charge in [0, 0.05) is 0 Å². The average molecular weight is 373 g/mol. The van der Waals surface area contributed by atoms with Crippen LogP contribution in [0.1, 0.15) is 12.5 Å². The second kappa shape index (κ2) is 8.38. The van der Waals surface area contributed by atoms with Crippen LogP contribution in [0.2, 0.25) is 0 Å². The van der Waals surface area contributed by atoms with E-state index >= 15 is 0 Å². The highest BCUT2D eigenvalue weighted by Gasteiger charge is 2.21. The van der Waals surface area contributed by atoms with Gasteiger partial charge >= 0.3 is 0 Å². The first kappa shape index (κ1) is 18.5. The summed E-state index contributed by atoms with van der Waals surface area (Å²) in [7, 11) is -3.57. The molecule has 0 aliphatic carbocycles. The fourth-order valence-corrected chi connectivity index (χ4v) is 4.06. The molecule has 138 valence electrons. The van der Waals surface area contributed by atoms with Gasteiger partial charge in [-0.15, -0.1) is 0 Å². The second-order valence-electron chi connectivity index (χ2n) is 6.47. The van der Waals surface area contributed by atoms with Gasteiger partial charge in [-0.25, -0.2) is 8.42 Å². The lowest BCUT2D eigenvalue weighted by molar-refractivity contribution is -0.898. The summed E-state index contributed by atoms with van der Waals surface area (Å²) in [5.41, 5.74) is 2.43. The lowest BCUT2D eigenvalue weighted by Gasteiger charge is -2.34. The van der Waals surface area contributed by atoms with Gasteiger partial charge in [0.25, 0.3) is 10.0 Å². The number of hydrogen-bond acceptors (Lipinski definition) is 3. The van der Waals surface area contributed by atoms with Crippen molar-refractivity contribution in [1.82, 2.24) is 0 Å². The van der Waals surface area contributed by atoms with E-state index in [-0.39, 0.29) is 0 Å². The van der Waals surface area contributed by atoms with E-state index in [1.807, 2.05) is 54.6 Å². The van der Waals surface area contributed by atoms with Gasteiger partial charge in [0.1, 0.15) is 0 Å². The molecule has 0 saturated carbocycles. The minimum atomic E-state index is -3.57. The zero-order valence-corrected chi connectivity index (χ0v) is 15.9. The van der Waals surface area contributed by atoms with Gasteiger partial charge in [-0.05, 0) is 30.7 Å². The Morgan fingerprint density at radius 1 is 1.04 bits per heavy atom. The maximum atomic E-state index is 12.5. The van der Waals surface area contributed by atoms with Crippen LogP contribution < -0.4 is 14.5 Å². The molecule has 1 aliphatic rings. The maximum absolute atomic E-state index is 12.5. The Hall–Kier alpha value is -2.31. The highest BCUT2D eigenvalue weighted by Crippen LogP contribution is 2.26. The third-order valence-corrected chi connectivity index (χ3v) is 5.71. The number of hydrogen-bond donors (Lipinski definition) is 2. The van der Waals surface area contributed by atoms with Crippen molar-refractivity contribution in [3.8, 4) is 0 Å². The first-order valence-electron chi connectivity index (χ1n) is 9.01. The number of quaternary nitrogens is 1. The molecule has 26 heavy (non-hydrogen) atoms. The van der Waals surface area contributed by atoms with Crippen molar-refractivity contribution >= 4 is 27.5 Å². The number of rotatable bonds is 6. The Labute approximate surface area is 156 Å². The van der Waals surface area contributed by atoms with Crippen LogP contribution >= 0.6 is 0 Å². The Bertz CT molecular complexity index is 842. The Morgan fingerprint density at radius 2 is 1.69 bits per heavy atom. The van der Waals surface area contributed by atoms with Crippen LogP contribution in [-0.4, -0.2) is 41.1 Å². The number of benzene rings is 2. The fraction of sp³-hybridized carbons (Fsp3) is 0.300. The minimum absolute atomic E-state index is 0.630. The van der Waals surface area contributed by atoms with Crippen molar-refractivity contribution in [3.63, 3.8) is 0 Å². The predicted molar refractivity (Wildman–Crippen MR) is 108 cm³/mol. The molecule has 0 aromatic heterocycles. The molecule has 5 nitrogen and oxygen atoms in total. The molecule has 6 heteroatoms. The Kier molecular flexibility index (Phi) is 5.96. The second-order valence-corrected chi connectivity index (χ2v) is 8.03. The van der Waals surface area contributed by atoms with Gasteiger partial charge in [0.2, 0.25) is 0 Å². The summed E-state index contributed by atoms with van der Waals surface area (Å²) in [6.45, 7) is 7.35. The van der Waals surface area contributed by atoms with E-state index in [9.17, 15) is 8.42 Å². The summed E-state index contributed by atoms with van der Waals surface area (Å²) in [4.78, 5) is 3.85. The van der Waals surface area contributed by atoms with E-state index in [0.717, 1.165) is 44.0 Å². The van der Waals surface area contributed by atoms with Gasteiger partial charge in [0.05, 0.1) is 49.5 Å². The number of para-hydroxylation sites is 2. The summed E-state index contributed by atoms with van der Waals surface area (Å²) in [6, 6.07) is 17.0. The largest absolute Gasteiger partial charge is 0.359 e. The summed E-state index contributed by atoms with van der Waals surface area (Å²) >= 11 is 0. The molecular weight excluding hydrogens is 346 g/mol. The standard InChI is InChI=1S/C20H25N3O2S/c1-2-22-13-15-23(16-14-22)20-11-7-6-10-19(20)21-26(24,25)17-12-18-8-4-3-5-9-18/h3-12,17,21H,2,13-16H2,1H3/p+1/b17-12+. The molecule has 1 saturated heterocycles. The van der Waals surface area contributed by atoms with Crippen molar-refractivity contribution in [2.75, 3.05) is 42.3 Å². The molecular formula is C20H26N3O2S+. The quantitative estimate of drug-likeness (QED) is 0.813. The van der Waals surface area contributed by atoms with E-state index in [0.29, 0.717) is 5.69 Å². The van der Waals surface area contributed by atoms with Crippen molar-refractivity contribution < 1.29 is 13.3 Å². The van der Waals surface area contributed by atoms with Crippen LogP contribution in [0.25, 0.3) is 6.08 Å². The maximum Gasteiger partial charge on any atom is 0.255 e. The smallest absolute Gasteiger partial charge is 0.255 e. The summed E-state index contributed by atoms with van der Waals surface area (Å²) in [6.07, 6.45) is 1.61. The molecule has 0 bridgehead atoms.